The number of hydrogen-bond acceptors (Lipinski definition) is 10. The maximum Gasteiger partial charge on any atom is 0.373 e. The minimum Gasteiger partial charge on any atom is -0.412 e. The van der Waals surface area contributed by atoms with E-state index in [1.165, 1.54) is 24.8 Å². The number of nitrogens with one attached hydrogen (secondary N) is 2. The topological polar surface area (TPSA) is 153 Å². The summed E-state index contributed by atoms with van der Waals surface area (Å²) in [7, 11) is -7.28. The summed E-state index contributed by atoms with van der Waals surface area (Å²) >= 11 is 11.8. The highest BCUT2D eigenvalue weighted by Gasteiger charge is 2.46. The Morgan fingerprint density at radius 2 is 1.06 bits per heavy atom. The second-order valence-electron chi connectivity index (χ2n) is 7.47. The Balaban J connectivity index is 1.43. The molecule has 2 aliphatic heterocycles. The highest BCUT2D eigenvalue weighted by Crippen LogP contribution is 2.65. The molecule has 4 heterocycles. The number of halogens is 2. The summed E-state index contributed by atoms with van der Waals surface area (Å²) in [6.07, 6.45) is 6.04. The van der Waals surface area contributed by atoms with Crippen LogP contribution in [0.15, 0.2) is 71.2 Å². The average Bonchev–Trinajstić information content (AvgIpc) is 3.41. The van der Waals surface area contributed by atoms with Gasteiger partial charge in [-0.1, -0.05) is 24.3 Å². The highest BCUT2D eigenvalue weighted by molar-refractivity contribution is 7.62. The Bertz CT molecular complexity index is 1290. The Hall–Kier alpha value is -3.04. The van der Waals surface area contributed by atoms with Crippen molar-refractivity contribution in [3.8, 4) is 0 Å². The first-order valence-electron chi connectivity index (χ1n) is 10.5. The van der Waals surface area contributed by atoms with E-state index in [-0.39, 0.29) is 35.5 Å². The molecular formula is C20H18Cl2N8O4P2. The van der Waals surface area contributed by atoms with Gasteiger partial charge < -0.3 is 9.05 Å². The lowest BCUT2D eigenvalue weighted by Crippen LogP contribution is -2.08. The van der Waals surface area contributed by atoms with Gasteiger partial charge in [-0.15, -0.1) is 23.2 Å². The lowest BCUT2D eigenvalue weighted by atomic mass is 10.1. The lowest BCUT2D eigenvalue weighted by molar-refractivity contribution is 0.487. The zero-order valence-electron chi connectivity index (χ0n) is 18.3. The van der Waals surface area contributed by atoms with E-state index in [1.807, 2.05) is 0 Å². The first kappa shape index (κ1) is 24.6. The molecule has 0 saturated heterocycles. The zero-order chi connectivity index (χ0) is 25.2. The van der Waals surface area contributed by atoms with E-state index in [1.54, 1.807) is 36.4 Å². The van der Waals surface area contributed by atoms with Crippen molar-refractivity contribution in [2.24, 2.45) is 9.98 Å². The van der Waals surface area contributed by atoms with Gasteiger partial charge in [0.25, 0.3) is 0 Å². The van der Waals surface area contributed by atoms with E-state index in [0.29, 0.717) is 11.1 Å². The summed E-state index contributed by atoms with van der Waals surface area (Å²) in [5.74, 6) is -1.36. The fraction of sp³-hybridized carbons (Fsp3) is 0.200. The number of alkyl halides is 2. The third kappa shape index (κ3) is 4.95. The molecule has 0 saturated carbocycles. The molecule has 16 heteroatoms. The van der Waals surface area contributed by atoms with Gasteiger partial charge in [-0.2, -0.15) is 0 Å². The monoisotopic (exact) mass is 566 g/mol. The minimum atomic E-state index is -3.64. The second kappa shape index (κ2) is 10.1. The van der Waals surface area contributed by atoms with Crippen molar-refractivity contribution in [2.75, 3.05) is 21.9 Å². The van der Waals surface area contributed by atoms with E-state index in [2.05, 4.69) is 40.1 Å². The van der Waals surface area contributed by atoms with Gasteiger partial charge >= 0.3 is 15.0 Å². The van der Waals surface area contributed by atoms with Crippen molar-refractivity contribution in [1.29, 1.82) is 0 Å². The summed E-state index contributed by atoms with van der Waals surface area (Å²) in [6, 6.07) is 10.1. The fourth-order valence-electron chi connectivity index (χ4n) is 3.54. The molecule has 0 amide bonds. The molecule has 0 bridgehead atoms. The van der Waals surface area contributed by atoms with E-state index < -0.39 is 26.6 Å². The SMILES string of the molecule is O=P1(Nc2ncccn2)OC(CCl)=NC1c1ccc(C2N=C(CCl)OP2(=O)Nc2ncccn2)cc1. The molecule has 36 heavy (non-hydrogen) atoms. The predicted molar refractivity (Wildman–Crippen MR) is 137 cm³/mol. The summed E-state index contributed by atoms with van der Waals surface area (Å²) in [5, 5.41) is 5.53. The van der Waals surface area contributed by atoms with Gasteiger partial charge in [0.15, 0.2) is 11.6 Å². The molecule has 2 aromatic heterocycles. The largest absolute Gasteiger partial charge is 0.412 e. The van der Waals surface area contributed by atoms with Crippen LogP contribution in [0.25, 0.3) is 0 Å². The average molecular weight is 567 g/mol. The molecule has 5 rings (SSSR count). The van der Waals surface area contributed by atoms with Crippen LogP contribution in [-0.4, -0.2) is 43.5 Å². The number of aromatic nitrogens is 4. The standard InChI is InChI=1S/C20H18Cl2N8O4P2/c21-11-15-27-17(35(31,33-15)29-19-23-7-1-8-24-19)13-3-5-14(6-4-13)18-28-16(12-22)34-36(18,32)30-20-25-9-2-10-26-20/h1-10,17-18H,11-12H2,(H,23,24,29,31)(H,25,26,30,32). The van der Waals surface area contributed by atoms with Crippen LogP contribution in [0.4, 0.5) is 11.9 Å². The maximum atomic E-state index is 13.7. The van der Waals surface area contributed by atoms with Crippen LogP contribution in [0.3, 0.4) is 0 Å². The molecule has 0 fully saturated rings. The number of anilines is 2. The minimum absolute atomic E-state index is 0.0539. The summed E-state index contributed by atoms with van der Waals surface area (Å²) in [5.41, 5.74) is 1.14. The predicted octanol–water partition coefficient (Wildman–Crippen LogP) is 5.21. The van der Waals surface area contributed by atoms with Crippen molar-refractivity contribution in [3.05, 3.63) is 72.3 Å². The molecule has 4 unspecified atom stereocenters. The quantitative estimate of drug-likeness (QED) is 0.274. The molecule has 0 spiro atoms. The fourth-order valence-corrected chi connectivity index (χ4v) is 7.81. The van der Waals surface area contributed by atoms with E-state index in [9.17, 15) is 9.13 Å². The van der Waals surface area contributed by atoms with Crippen molar-refractivity contribution in [2.45, 2.75) is 11.6 Å². The van der Waals surface area contributed by atoms with Crippen molar-refractivity contribution >= 4 is 61.9 Å². The third-order valence-corrected chi connectivity index (χ3v) is 9.62. The van der Waals surface area contributed by atoms with Gasteiger partial charge in [-0.25, -0.2) is 29.9 Å². The molecule has 12 nitrogen and oxygen atoms in total. The zero-order valence-corrected chi connectivity index (χ0v) is 21.6. The maximum absolute atomic E-state index is 13.7. The summed E-state index contributed by atoms with van der Waals surface area (Å²) in [6.45, 7) is 0. The van der Waals surface area contributed by atoms with Crippen LogP contribution in [-0.2, 0) is 18.2 Å². The first-order chi connectivity index (χ1) is 17.4. The van der Waals surface area contributed by atoms with Crippen LogP contribution >= 0.6 is 38.2 Å². The Morgan fingerprint density at radius 3 is 1.39 bits per heavy atom. The number of nitrogens with zero attached hydrogens (tertiary/aromatic N) is 6. The van der Waals surface area contributed by atoms with Gasteiger partial charge in [-0.05, 0) is 23.3 Å². The molecule has 4 atom stereocenters. The van der Waals surface area contributed by atoms with E-state index in [4.69, 9.17) is 32.2 Å². The summed E-state index contributed by atoms with van der Waals surface area (Å²) in [4.78, 5) is 25.0. The lowest BCUT2D eigenvalue weighted by Gasteiger charge is -2.21. The van der Waals surface area contributed by atoms with Gasteiger partial charge in [-0.3, -0.25) is 19.3 Å². The van der Waals surface area contributed by atoms with Crippen molar-refractivity contribution < 1.29 is 18.2 Å². The van der Waals surface area contributed by atoms with Gasteiger partial charge in [0.2, 0.25) is 23.7 Å². The smallest absolute Gasteiger partial charge is 0.373 e. The van der Waals surface area contributed by atoms with Gasteiger partial charge in [0.1, 0.15) is 0 Å². The van der Waals surface area contributed by atoms with Crippen LogP contribution < -0.4 is 10.2 Å². The Labute approximate surface area is 215 Å². The van der Waals surface area contributed by atoms with Crippen LogP contribution in [0, 0.1) is 0 Å². The van der Waals surface area contributed by atoms with Crippen LogP contribution in [0.2, 0.25) is 0 Å². The number of benzene rings is 1. The van der Waals surface area contributed by atoms with E-state index >= 15 is 0 Å². The molecular weight excluding hydrogens is 549 g/mol. The Morgan fingerprint density at radius 1 is 0.694 bits per heavy atom. The Kier molecular flexibility index (Phi) is 6.94. The molecule has 0 radical (unpaired) electrons. The van der Waals surface area contributed by atoms with Crippen LogP contribution in [0.1, 0.15) is 22.7 Å². The molecule has 3 aromatic rings. The van der Waals surface area contributed by atoms with Crippen LogP contribution in [0.5, 0.6) is 0 Å². The molecule has 1 aromatic carbocycles. The number of aliphatic imine (C=N–C) groups is 2. The van der Waals surface area contributed by atoms with Crippen molar-refractivity contribution in [1.82, 2.24) is 19.9 Å². The van der Waals surface area contributed by atoms with Gasteiger partial charge in [0.05, 0.1) is 11.8 Å². The first-order valence-corrected chi connectivity index (χ1v) is 14.9. The molecule has 186 valence electrons. The molecule has 2 N–H and O–H groups in total. The third-order valence-electron chi connectivity index (χ3n) is 5.06. The second-order valence-corrected chi connectivity index (χ2v) is 12.2. The normalized spacial score (nSPS) is 26.9. The van der Waals surface area contributed by atoms with E-state index in [0.717, 1.165) is 0 Å². The number of hydrogen-bond donors (Lipinski definition) is 2. The molecule has 2 aliphatic rings. The van der Waals surface area contributed by atoms with Gasteiger partial charge in [0, 0.05) is 24.8 Å². The highest BCUT2D eigenvalue weighted by atomic mass is 35.5. The molecule has 0 aliphatic carbocycles. The summed E-state index contributed by atoms with van der Waals surface area (Å²) < 4.78 is 38.6. The van der Waals surface area contributed by atoms with Crippen molar-refractivity contribution in [3.63, 3.8) is 0 Å². The number of rotatable bonds is 8.